The zero-order valence-corrected chi connectivity index (χ0v) is 16.0. The van der Waals surface area contributed by atoms with Gasteiger partial charge >= 0.3 is 0 Å². The smallest absolute Gasteiger partial charge is 0.274 e. The molecule has 0 spiro atoms. The average molecular weight is 395 g/mol. The van der Waals surface area contributed by atoms with Gasteiger partial charge < -0.3 is 14.8 Å². The fourth-order valence-electron chi connectivity index (χ4n) is 4.13. The zero-order valence-electron chi connectivity index (χ0n) is 16.0. The molecule has 0 radical (unpaired) electrons. The van der Waals surface area contributed by atoms with Crippen molar-refractivity contribution in [2.45, 2.75) is 31.8 Å². The molecule has 9 heteroatoms. The predicted octanol–water partition coefficient (Wildman–Crippen LogP) is 1.73. The van der Waals surface area contributed by atoms with E-state index in [-0.39, 0.29) is 11.7 Å². The van der Waals surface area contributed by atoms with Gasteiger partial charge in [0.25, 0.3) is 5.91 Å². The maximum atomic E-state index is 14.0. The van der Waals surface area contributed by atoms with Gasteiger partial charge in [-0.2, -0.15) is 5.10 Å². The number of nitrogens with zero attached hydrogens (tertiary/aromatic N) is 6. The van der Waals surface area contributed by atoms with Gasteiger partial charge in [0, 0.05) is 38.3 Å². The summed E-state index contributed by atoms with van der Waals surface area (Å²) in [4.78, 5) is 14.7. The first-order valence-electron chi connectivity index (χ1n) is 9.93. The Kier molecular flexibility index (Phi) is 4.59. The van der Waals surface area contributed by atoms with E-state index in [9.17, 15) is 9.18 Å². The third-order valence-corrected chi connectivity index (χ3v) is 5.71. The second-order valence-electron chi connectivity index (χ2n) is 7.47. The number of fused-ring (bicyclic) bond motifs is 1. The largest absolute Gasteiger partial charge is 0.337 e. The Hall–Kier alpha value is -3.07. The van der Waals surface area contributed by atoms with Gasteiger partial charge in [-0.3, -0.25) is 4.79 Å². The monoisotopic (exact) mass is 395 g/mol. The number of amides is 1. The van der Waals surface area contributed by atoms with Gasteiger partial charge in [0.2, 0.25) is 0 Å². The Morgan fingerprint density at radius 1 is 1.10 bits per heavy atom. The number of halogens is 1. The summed E-state index contributed by atoms with van der Waals surface area (Å²) in [6.45, 7) is 3.88. The van der Waals surface area contributed by atoms with Gasteiger partial charge in [0.05, 0.1) is 6.54 Å². The van der Waals surface area contributed by atoms with E-state index in [1.807, 2.05) is 4.90 Å². The summed E-state index contributed by atoms with van der Waals surface area (Å²) in [7, 11) is 0. The maximum Gasteiger partial charge on any atom is 0.274 e. The maximum absolute atomic E-state index is 14.0. The summed E-state index contributed by atoms with van der Waals surface area (Å²) in [6.07, 6.45) is 3.32. The van der Waals surface area contributed by atoms with Crippen LogP contribution in [0.15, 0.2) is 36.5 Å². The normalized spacial score (nSPS) is 17.3. The standard InChI is InChI=1S/C20H22FN7O/c21-15-3-1-2-4-17(15)28-11-7-16(25-28)20(29)26-9-5-14(6-10-26)19-24-23-18-13-22-8-12-27(18)19/h1-4,7,11,14,22H,5-6,8-10,12-13H2. The molecule has 29 heavy (non-hydrogen) atoms. The molecule has 3 aromatic rings. The van der Waals surface area contributed by atoms with Gasteiger partial charge in [-0.05, 0) is 31.0 Å². The number of benzene rings is 1. The van der Waals surface area contributed by atoms with Crippen LogP contribution in [0.25, 0.3) is 5.69 Å². The average Bonchev–Trinajstić information content (AvgIpc) is 3.41. The molecule has 2 aliphatic rings. The highest BCUT2D eigenvalue weighted by molar-refractivity contribution is 5.92. The van der Waals surface area contributed by atoms with Gasteiger partial charge in [-0.1, -0.05) is 12.1 Å². The highest BCUT2D eigenvalue weighted by Crippen LogP contribution is 2.28. The molecule has 1 aromatic carbocycles. The van der Waals surface area contributed by atoms with E-state index in [1.165, 1.54) is 10.7 Å². The van der Waals surface area contributed by atoms with E-state index in [0.717, 1.165) is 44.1 Å². The molecule has 1 fully saturated rings. The first-order chi connectivity index (χ1) is 14.2. The Morgan fingerprint density at radius 3 is 2.76 bits per heavy atom. The molecule has 0 aliphatic carbocycles. The third kappa shape index (κ3) is 3.31. The van der Waals surface area contributed by atoms with Crippen LogP contribution in [-0.2, 0) is 13.1 Å². The summed E-state index contributed by atoms with van der Waals surface area (Å²) in [5.41, 5.74) is 0.661. The van der Waals surface area contributed by atoms with Gasteiger partial charge in [0.15, 0.2) is 5.69 Å². The van der Waals surface area contributed by atoms with Crippen LogP contribution in [0, 0.1) is 5.82 Å². The number of hydrogen-bond acceptors (Lipinski definition) is 5. The highest BCUT2D eigenvalue weighted by atomic mass is 19.1. The number of hydrogen-bond donors (Lipinski definition) is 1. The van der Waals surface area contributed by atoms with E-state index in [1.54, 1.807) is 30.5 Å². The molecule has 150 valence electrons. The summed E-state index contributed by atoms with van der Waals surface area (Å²) in [5.74, 6) is 1.85. The lowest BCUT2D eigenvalue weighted by Crippen LogP contribution is -2.39. The van der Waals surface area contributed by atoms with Crippen molar-refractivity contribution < 1.29 is 9.18 Å². The Labute approximate surface area is 167 Å². The van der Waals surface area contributed by atoms with Gasteiger partial charge in [0.1, 0.15) is 23.2 Å². The van der Waals surface area contributed by atoms with Crippen LogP contribution >= 0.6 is 0 Å². The molecule has 0 atom stereocenters. The van der Waals surface area contributed by atoms with E-state index < -0.39 is 0 Å². The van der Waals surface area contributed by atoms with Gasteiger partial charge in [-0.15, -0.1) is 10.2 Å². The summed E-state index contributed by atoms with van der Waals surface area (Å²) >= 11 is 0. The summed E-state index contributed by atoms with van der Waals surface area (Å²) in [5, 5.41) is 16.3. The Morgan fingerprint density at radius 2 is 1.93 bits per heavy atom. The van der Waals surface area contributed by atoms with Gasteiger partial charge in [-0.25, -0.2) is 9.07 Å². The lowest BCUT2D eigenvalue weighted by molar-refractivity contribution is 0.0703. The van der Waals surface area contributed by atoms with Crippen molar-refractivity contribution in [3.63, 3.8) is 0 Å². The Bertz CT molecular complexity index is 1040. The minimum absolute atomic E-state index is 0.119. The molecular weight excluding hydrogens is 373 g/mol. The van der Waals surface area contributed by atoms with Crippen LogP contribution in [-0.4, -0.2) is 55.0 Å². The molecule has 0 unspecified atom stereocenters. The van der Waals surface area contributed by atoms with Crippen LogP contribution in [0.4, 0.5) is 4.39 Å². The van der Waals surface area contributed by atoms with Crippen molar-refractivity contribution in [2.75, 3.05) is 19.6 Å². The number of nitrogens with one attached hydrogen (secondary N) is 1. The molecule has 1 saturated heterocycles. The molecule has 0 bridgehead atoms. The lowest BCUT2D eigenvalue weighted by atomic mass is 9.95. The van der Waals surface area contributed by atoms with Crippen molar-refractivity contribution >= 4 is 5.91 Å². The molecule has 2 aromatic heterocycles. The third-order valence-electron chi connectivity index (χ3n) is 5.71. The molecule has 8 nitrogen and oxygen atoms in total. The fourth-order valence-corrected chi connectivity index (χ4v) is 4.13. The van der Waals surface area contributed by atoms with E-state index >= 15 is 0 Å². The molecule has 1 amide bonds. The first-order valence-corrected chi connectivity index (χ1v) is 9.93. The zero-order chi connectivity index (χ0) is 19.8. The van der Waals surface area contributed by atoms with Crippen molar-refractivity contribution in [1.82, 2.24) is 34.8 Å². The number of rotatable bonds is 3. The van der Waals surface area contributed by atoms with Crippen LogP contribution in [0.5, 0.6) is 0 Å². The number of para-hydroxylation sites is 1. The lowest BCUT2D eigenvalue weighted by Gasteiger charge is -2.31. The fraction of sp³-hybridized carbons (Fsp3) is 0.400. The summed E-state index contributed by atoms with van der Waals surface area (Å²) in [6, 6.07) is 8.02. The summed E-state index contributed by atoms with van der Waals surface area (Å²) < 4.78 is 17.6. The van der Waals surface area contributed by atoms with Crippen molar-refractivity contribution in [3.05, 3.63) is 59.7 Å². The quantitative estimate of drug-likeness (QED) is 0.731. The van der Waals surface area contributed by atoms with Crippen LogP contribution < -0.4 is 5.32 Å². The molecule has 5 rings (SSSR count). The Balaban J connectivity index is 1.26. The second kappa shape index (κ2) is 7.40. The number of piperidine rings is 1. The van der Waals surface area contributed by atoms with Crippen molar-refractivity contribution in [3.8, 4) is 5.69 Å². The second-order valence-corrected chi connectivity index (χ2v) is 7.47. The van der Waals surface area contributed by atoms with Crippen molar-refractivity contribution in [2.24, 2.45) is 0 Å². The molecule has 1 N–H and O–H groups in total. The number of likely N-dealkylation sites (tertiary alicyclic amines) is 1. The van der Waals surface area contributed by atoms with Crippen LogP contribution in [0.2, 0.25) is 0 Å². The van der Waals surface area contributed by atoms with E-state index in [4.69, 9.17) is 0 Å². The molecule has 2 aliphatic heterocycles. The topological polar surface area (TPSA) is 80.9 Å². The van der Waals surface area contributed by atoms with E-state index in [0.29, 0.717) is 30.4 Å². The minimum Gasteiger partial charge on any atom is -0.337 e. The van der Waals surface area contributed by atoms with Crippen LogP contribution in [0.1, 0.15) is 40.9 Å². The molecular formula is C20H22FN7O. The molecule has 0 saturated carbocycles. The molecule has 4 heterocycles. The first kappa shape index (κ1) is 18.0. The minimum atomic E-state index is -0.373. The van der Waals surface area contributed by atoms with Crippen LogP contribution in [0.3, 0.4) is 0 Å². The SMILES string of the molecule is O=C(c1ccn(-c2ccccc2F)n1)N1CCC(c2nnc3n2CCNC3)CC1. The van der Waals surface area contributed by atoms with Crippen molar-refractivity contribution in [1.29, 1.82) is 0 Å². The number of aromatic nitrogens is 5. The highest BCUT2D eigenvalue weighted by Gasteiger charge is 2.29. The van der Waals surface area contributed by atoms with E-state index in [2.05, 4.69) is 25.2 Å². The number of carbonyl (C=O) groups is 1. The number of carbonyl (C=O) groups excluding carboxylic acids is 1. The predicted molar refractivity (Wildman–Crippen MR) is 103 cm³/mol.